The SMILES string of the molecule is CC[NH2+]Cc1ccc(Cl)cc1. The van der Waals surface area contributed by atoms with Crippen molar-refractivity contribution < 1.29 is 5.32 Å². The van der Waals surface area contributed by atoms with E-state index >= 15 is 0 Å². The second-order valence-electron chi connectivity index (χ2n) is 2.53. The third-order valence-corrected chi connectivity index (χ3v) is 1.83. The lowest BCUT2D eigenvalue weighted by Crippen LogP contribution is -2.81. The zero-order valence-electron chi connectivity index (χ0n) is 6.68. The second kappa shape index (κ2) is 4.37. The number of quaternary nitrogens is 1. The van der Waals surface area contributed by atoms with Crippen molar-refractivity contribution in [2.24, 2.45) is 0 Å². The van der Waals surface area contributed by atoms with Crippen LogP contribution in [0.25, 0.3) is 0 Å². The quantitative estimate of drug-likeness (QED) is 0.707. The minimum atomic E-state index is 0.810. The van der Waals surface area contributed by atoms with E-state index in [1.807, 2.05) is 12.1 Å². The summed E-state index contributed by atoms with van der Waals surface area (Å²) >= 11 is 5.74. The Morgan fingerprint density at radius 1 is 1.27 bits per heavy atom. The number of hydrogen-bond acceptors (Lipinski definition) is 0. The van der Waals surface area contributed by atoms with Gasteiger partial charge in [-0.25, -0.2) is 0 Å². The second-order valence-corrected chi connectivity index (χ2v) is 2.96. The standard InChI is InChI=1S/C9H12ClN/c1-2-11-7-8-3-5-9(10)6-4-8/h3-6,11H,2,7H2,1H3/p+1. The van der Waals surface area contributed by atoms with Gasteiger partial charge in [0, 0.05) is 10.6 Å². The first-order valence-corrected chi connectivity index (χ1v) is 4.27. The van der Waals surface area contributed by atoms with E-state index < -0.39 is 0 Å². The lowest BCUT2D eigenvalue weighted by Gasteiger charge is -1.98. The molecule has 0 saturated heterocycles. The summed E-state index contributed by atoms with van der Waals surface area (Å²) < 4.78 is 0. The molecule has 1 rings (SSSR count). The molecule has 2 heteroatoms. The zero-order chi connectivity index (χ0) is 8.10. The summed E-state index contributed by atoms with van der Waals surface area (Å²) in [5, 5.41) is 3.06. The molecule has 0 atom stereocenters. The number of nitrogens with two attached hydrogens (primary N) is 1. The Hall–Kier alpha value is -0.530. The van der Waals surface area contributed by atoms with Crippen LogP contribution in [0.1, 0.15) is 12.5 Å². The van der Waals surface area contributed by atoms with Crippen molar-refractivity contribution in [1.82, 2.24) is 0 Å². The van der Waals surface area contributed by atoms with Crippen LogP contribution in [0.2, 0.25) is 5.02 Å². The van der Waals surface area contributed by atoms with Gasteiger partial charge in [0.15, 0.2) is 0 Å². The van der Waals surface area contributed by atoms with Gasteiger partial charge in [0.05, 0.1) is 6.54 Å². The fraction of sp³-hybridized carbons (Fsp3) is 0.333. The van der Waals surface area contributed by atoms with Gasteiger partial charge in [-0.2, -0.15) is 0 Å². The fourth-order valence-corrected chi connectivity index (χ4v) is 1.06. The minimum absolute atomic E-state index is 0.810. The molecule has 0 spiro atoms. The molecule has 0 fully saturated rings. The monoisotopic (exact) mass is 170 g/mol. The molecule has 0 radical (unpaired) electrons. The molecule has 0 aliphatic rings. The number of rotatable bonds is 3. The molecule has 60 valence electrons. The zero-order valence-corrected chi connectivity index (χ0v) is 7.43. The highest BCUT2D eigenvalue weighted by Gasteiger charge is 1.92. The van der Waals surface area contributed by atoms with E-state index in [0.717, 1.165) is 18.1 Å². The summed E-state index contributed by atoms with van der Waals surface area (Å²) in [5.41, 5.74) is 1.33. The van der Waals surface area contributed by atoms with E-state index in [-0.39, 0.29) is 0 Å². The lowest BCUT2D eigenvalue weighted by molar-refractivity contribution is -0.667. The predicted molar refractivity (Wildman–Crippen MR) is 47.6 cm³/mol. The van der Waals surface area contributed by atoms with Crippen LogP contribution in [0, 0.1) is 0 Å². The normalized spacial score (nSPS) is 10.0. The van der Waals surface area contributed by atoms with Crippen LogP contribution in [-0.2, 0) is 6.54 Å². The molecule has 0 saturated carbocycles. The van der Waals surface area contributed by atoms with Crippen molar-refractivity contribution >= 4 is 11.6 Å². The van der Waals surface area contributed by atoms with Crippen LogP contribution in [-0.4, -0.2) is 6.54 Å². The average molecular weight is 171 g/mol. The van der Waals surface area contributed by atoms with Gasteiger partial charge in [0.2, 0.25) is 0 Å². The molecular formula is C9H13ClN+. The van der Waals surface area contributed by atoms with E-state index in [2.05, 4.69) is 24.4 Å². The van der Waals surface area contributed by atoms with Gasteiger partial charge in [0.1, 0.15) is 6.54 Å². The van der Waals surface area contributed by atoms with Crippen molar-refractivity contribution in [2.45, 2.75) is 13.5 Å². The molecule has 0 heterocycles. The summed E-state index contributed by atoms with van der Waals surface area (Å²) in [7, 11) is 0. The molecule has 0 unspecified atom stereocenters. The van der Waals surface area contributed by atoms with E-state index in [1.54, 1.807) is 0 Å². The van der Waals surface area contributed by atoms with Crippen molar-refractivity contribution in [3.63, 3.8) is 0 Å². The topological polar surface area (TPSA) is 16.6 Å². The molecule has 1 aromatic rings. The molecule has 0 aliphatic heterocycles. The van der Waals surface area contributed by atoms with Gasteiger partial charge in [-0.1, -0.05) is 23.7 Å². The molecule has 11 heavy (non-hydrogen) atoms. The van der Waals surface area contributed by atoms with Crippen LogP contribution in [0.3, 0.4) is 0 Å². The van der Waals surface area contributed by atoms with Crippen LogP contribution in [0.15, 0.2) is 24.3 Å². The number of halogens is 1. The highest BCUT2D eigenvalue weighted by atomic mass is 35.5. The van der Waals surface area contributed by atoms with E-state index in [1.165, 1.54) is 5.56 Å². The van der Waals surface area contributed by atoms with Gasteiger partial charge >= 0.3 is 0 Å². The van der Waals surface area contributed by atoms with Gasteiger partial charge < -0.3 is 5.32 Å². The van der Waals surface area contributed by atoms with E-state index in [9.17, 15) is 0 Å². The molecule has 1 nitrogen and oxygen atoms in total. The largest absolute Gasteiger partial charge is 0.343 e. The van der Waals surface area contributed by atoms with E-state index in [4.69, 9.17) is 11.6 Å². The lowest BCUT2D eigenvalue weighted by atomic mass is 10.2. The maximum absolute atomic E-state index is 5.74. The summed E-state index contributed by atoms with van der Waals surface area (Å²) in [6, 6.07) is 7.99. The number of hydrogen-bond donors (Lipinski definition) is 1. The third-order valence-electron chi connectivity index (χ3n) is 1.58. The Morgan fingerprint density at radius 2 is 1.91 bits per heavy atom. The maximum atomic E-state index is 5.74. The first-order valence-electron chi connectivity index (χ1n) is 3.89. The molecule has 0 amide bonds. The van der Waals surface area contributed by atoms with Crippen LogP contribution < -0.4 is 5.32 Å². The van der Waals surface area contributed by atoms with Gasteiger partial charge in [0.25, 0.3) is 0 Å². The fourth-order valence-electron chi connectivity index (χ4n) is 0.931. The molecular weight excluding hydrogens is 158 g/mol. The molecule has 0 bridgehead atoms. The summed E-state index contributed by atoms with van der Waals surface area (Å²) in [5.74, 6) is 0. The van der Waals surface area contributed by atoms with Crippen molar-refractivity contribution in [2.75, 3.05) is 6.54 Å². The van der Waals surface area contributed by atoms with Crippen LogP contribution in [0.4, 0.5) is 0 Å². The molecule has 1 aromatic carbocycles. The van der Waals surface area contributed by atoms with Crippen LogP contribution >= 0.6 is 11.6 Å². The van der Waals surface area contributed by atoms with Crippen molar-refractivity contribution in [3.05, 3.63) is 34.9 Å². The predicted octanol–water partition coefficient (Wildman–Crippen LogP) is 1.42. The Kier molecular flexibility index (Phi) is 3.40. The Bertz CT molecular complexity index is 205. The Morgan fingerprint density at radius 3 is 2.45 bits per heavy atom. The maximum Gasteiger partial charge on any atom is 0.101 e. The Balaban J connectivity index is 2.52. The molecule has 0 aromatic heterocycles. The van der Waals surface area contributed by atoms with Gasteiger partial charge in [-0.15, -0.1) is 0 Å². The Labute approximate surface area is 72.4 Å². The summed E-state index contributed by atoms with van der Waals surface area (Å²) in [4.78, 5) is 0. The van der Waals surface area contributed by atoms with Crippen molar-refractivity contribution in [1.29, 1.82) is 0 Å². The minimum Gasteiger partial charge on any atom is -0.343 e. The smallest absolute Gasteiger partial charge is 0.101 e. The highest BCUT2D eigenvalue weighted by molar-refractivity contribution is 6.30. The van der Waals surface area contributed by atoms with Crippen molar-refractivity contribution in [3.8, 4) is 0 Å². The average Bonchev–Trinajstić information content (AvgIpc) is 2.04. The van der Waals surface area contributed by atoms with E-state index in [0.29, 0.717) is 0 Å². The summed E-state index contributed by atoms with van der Waals surface area (Å²) in [6.45, 7) is 4.33. The first-order chi connectivity index (χ1) is 5.33. The van der Waals surface area contributed by atoms with Gasteiger partial charge in [-0.3, -0.25) is 0 Å². The number of benzene rings is 1. The summed E-state index contributed by atoms with van der Waals surface area (Å²) in [6.07, 6.45) is 0. The third kappa shape index (κ3) is 2.91. The molecule has 0 aliphatic carbocycles. The highest BCUT2D eigenvalue weighted by Crippen LogP contribution is 2.08. The van der Waals surface area contributed by atoms with Gasteiger partial charge in [-0.05, 0) is 19.1 Å². The first kappa shape index (κ1) is 8.57. The van der Waals surface area contributed by atoms with Crippen LogP contribution in [0.5, 0.6) is 0 Å². The molecule has 2 N–H and O–H groups in total.